The molecule has 0 aliphatic heterocycles. The summed E-state index contributed by atoms with van der Waals surface area (Å²) in [5.41, 5.74) is 4.25. The summed E-state index contributed by atoms with van der Waals surface area (Å²) in [5, 5.41) is 8.41. The summed E-state index contributed by atoms with van der Waals surface area (Å²) >= 11 is 0. The Bertz CT molecular complexity index is 969. The van der Waals surface area contributed by atoms with Crippen molar-refractivity contribution in [2.75, 3.05) is 6.61 Å². The van der Waals surface area contributed by atoms with E-state index in [0.29, 0.717) is 22.9 Å². The smallest absolute Gasteiger partial charge is 0.427 e. The Kier molecular flexibility index (Phi) is 6.01. The second kappa shape index (κ2) is 8.81. The largest absolute Gasteiger partial charge is 0.449 e. The van der Waals surface area contributed by atoms with Gasteiger partial charge in [0, 0.05) is 0 Å². The first-order valence-electron chi connectivity index (χ1n) is 8.62. The summed E-state index contributed by atoms with van der Waals surface area (Å²) in [5.74, 6) is 0.455. The summed E-state index contributed by atoms with van der Waals surface area (Å²) in [7, 11) is 0. The second-order valence-electron chi connectivity index (χ2n) is 5.70. The first-order chi connectivity index (χ1) is 13.6. The Labute approximate surface area is 161 Å². The quantitative estimate of drug-likeness (QED) is 0.512. The van der Waals surface area contributed by atoms with Crippen molar-refractivity contribution in [3.05, 3.63) is 71.7 Å². The third kappa shape index (κ3) is 4.53. The molecule has 0 saturated heterocycles. The molecule has 0 spiro atoms. The molecule has 28 heavy (non-hydrogen) atoms. The molecule has 0 aliphatic carbocycles. The van der Waals surface area contributed by atoms with Gasteiger partial charge in [-0.3, -0.25) is 0 Å². The van der Waals surface area contributed by atoms with E-state index in [1.807, 2.05) is 30.3 Å². The van der Waals surface area contributed by atoms with Crippen LogP contribution in [-0.2, 0) is 4.74 Å². The summed E-state index contributed by atoms with van der Waals surface area (Å²) in [4.78, 5) is 11.4. The standard InChI is InChI=1S/C20H19FN4O3/c1-3-27-20(26)23-22-13-18-14(2)24-25(16-7-5-4-6-8-16)19(18)28-17-11-9-15(21)10-12-17/h4-13H,3H2,1-2H3,(H,23,26)/b22-13-. The van der Waals surface area contributed by atoms with Crippen molar-refractivity contribution in [2.24, 2.45) is 5.10 Å². The van der Waals surface area contributed by atoms with Crippen LogP contribution in [0.3, 0.4) is 0 Å². The topological polar surface area (TPSA) is 77.7 Å². The van der Waals surface area contributed by atoms with E-state index in [1.54, 1.807) is 18.5 Å². The average molecular weight is 382 g/mol. The summed E-state index contributed by atoms with van der Waals surface area (Å²) in [6.45, 7) is 3.74. The van der Waals surface area contributed by atoms with Crippen LogP contribution in [-0.4, -0.2) is 28.7 Å². The molecule has 1 amide bonds. The number of nitrogens with zero attached hydrogens (tertiary/aromatic N) is 3. The molecule has 1 heterocycles. The highest BCUT2D eigenvalue weighted by atomic mass is 19.1. The molecular formula is C20H19FN4O3. The maximum absolute atomic E-state index is 13.2. The monoisotopic (exact) mass is 382 g/mol. The van der Waals surface area contributed by atoms with E-state index in [1.165, 1.54) is 30.5 Å². The SMILES string of the molecule is CCOC(=O)N/N=C\c1c(C)nn(-c2ccccc2)c1Oc1ccc(F)cc1. The lowest BCUT2D eigenvalue weighted by atomic mass is 10.2. The molecular weight excluding hydrogens is 363 g/mol. The number of hydrogen-bond donors (Lipinski definition) is 1. The van der Waals surface area contributed by atoms with Crippen LogP contribution in [0.2, 0.25) is 0 Å². The Morgan fingerprint density at radius 2 is 1.93 bits per heavy atom. The van der Waals surface area contributed by atoms with E-state index in [0.717, 1.165) is 5.69 Å². The minimum atomic E-state index is -0.659. The average Bonchev–Trinajstić information content (AvgIpc) is 3.00. The van der Waals surface area contributed by atoms with E-state index < -0.39 is 6.09 Å². The first kappa shape index (κ1) is 19.1. The Morgan fingerprint density at radius 3 is 2.61 bits per heavy atom. The number of para-hydroxylation sites is 1. The van der Waals surface area contributed by atoms with Crippen molar-refractivity contribution in [2.45, 2.75) is 13.8 Å². The zero-order valence-corrected chi connectivity index (χ0v) is 15.4. The van der Waals surface area contributed by atoms with E-state index >= 15 is 0 Å². The van der Waals surface area contributed by atoms with Crippen LogP contribution in [0.4, 0.5) is 9.18 Å². The number of carbonyl (C=O) groups excluding carboxylic acids is 1. The maximum atomic E-state index is 13.2. The number of hydrazone groups is 1. The number of aromatic nitrogens is 2. The van der Waals surface area contributed by atoms with Gasteiger partial charge in [0.15, 0.2) is 0 Å². The van der Waals surface area contributed by atoms with Crippen molar-refractivity contribution in [1.82, 2.24) is 15.2 Å². The fraction of sp³-hybridized carbons (Fsp3) is 0.150. The number of hydrogen-bond acceptors (Lipinski definition) is 5. The molecule has 1 N–H and O–H groups in total. The van der Waals surface area contributed by atoms with Crippen molar-refractivity contribution >= 4 is 12.3 Å². The van der Waals surface area contributed by atoms with E-state index in [4.69, 9.17) is 9.47 Å². The molecule has 0 fully saturated rings. The van der Waals surface area contributed by atoms with Gasteiger partial charge in [-0.15, -0.1) is 0 Å². The molecule has 0 aliphatic rings. The molecule has 3 aromatic rings. The Balaban J connectivity index is 1.98. The van der Waals surface area contributed by atoms with Crippen LogP contribution in [0.25, 0.3) is 5.69 Å². The lowest BCUT2D eigenvalue weighted by molar-refractivity contribution is 0.152. The lowest BCUT2D eigenvalue weighted by Crippen LogP contribution is -2.18. The van der Waals surface area contributed by atoms with Gasteiger partial charge < -0.3 is 9.47 Å². The minimum absolute atomic E-state index is 0.241. The van der Waals surface area contributed by atoms with Crippen LogP contribution < -0.4 is 10.2 Å². The van der Waals surface area contributed by atoms with Crippen molar-refractivity contribution < 1.29 is 18.7 Å². The number of carbonyl (C=O) groups is 1. The summed E-state index contributed by atoms with van der Waals surface area (Å²) in [6, 6.07) is 15.1. The molecule has 8 heteroatoms. The number of benzene rings is 2. The van der Waals surface area contributed by atoms with Gasteiger partial charge >= 0.3 is 6.09 Å². The van der Waals surface area contributed by atoms with Gasteiger partial charge in [-0.2, -0.15) is 14.9 Å². The van der Waals surface area contributed by atoms with Crippen molar-refractivity contribution in [3.63, 3.8) is 0 Å². The molecule has 3 rings (SSSR count). The normalized spacial score (nSPS) is 10.8. The third-order valence-corrected chi connectivity index (χ3v) is 3.72. The zero-order valence-electron chi connectivity index (χ0n) is 15.4. The van der Waals surface area contributed by atoms with Gasteiger partial charge in [-0.05, 0) is 50.2 Å². The highest BCUT2D eigenvalue weighted by molar-refractivity contribution is 5.85. The molecule has 7 nitrogen and oxygen atoms in total. The summed E-state index contributed by atoms with van der Waals surface area (Å²) < 4.78 is 25.6. The highest BCUT2D eigenvalue weighted by Crippen LogP contribution is 2.29. The predicted octanol–water partition coefficient (Wildman–Crippen LogP) is 4.19. The summed E-state index contributed by atoms with van der Waals surface area (Å²) in [6.07, 6.45) is 0.769. The molecule has 144 valence electrons. The van der Waals surface area contributed by atoms with Crippen LogP contribution in [0, 0.1) is 12.7 Å². The Hall–Kier alpha value is -3.68. The van der Waals surface area contributed by atoms with Crippen LogP contribution >= 0.6 is 0 Å². The molecule has 0 bridgehead atoms. The van der Waals surface area contributed by atoms with Gasteiger partial charge in [0.2, 0.25) is 5.88 Å². The fourth-order valence-electron chi connectivity index (χ4n) is 2.44. The molecule has 0 saturated carbocycles. The number of aryl methyl sites for hydroxylation is 1. The number of nitrogens with one attached hydrogen (secondary N) is 1. The van der Waals surface area contributed by atoms with Crippen LogP contribution in [0.15, 0.2) is 59.7 Å². The minimum Gasteiger partial charge on any atom is -0.449 e. The maximum Gasteiger partial charge on any atom is 0.427 e. The molecule has 0 radical (unpaired) electrons. The molecule has 2 aromatic carbocycles. The van der Waals surface area contributed by atoms with Crippen LogP contribution in [0.5, 0.6) is 11.6 Å². The van der Waals surface area contributed by atoms with E-state index in [2.05, 4.69) is 15.6 Å². The van der Waals surface area contributed by atoms with Crippen LogP contribution in [0.1, 0.15) is 18.2 Å². The highest BCUT2D eigenvalue weighted by Gasteiger charge is 2.18. The molecule has 1 aromatic heterocycles. The Morgan fingerprint density at radius 1 is 1.21 bits per heavy atom. The molecule has 0 atom stereocenters. The van der Waals surface area contributed by atoms with Crippen molar-refractivity contribution in [3.8, 4) is 17.3 Å². The lowest BCUT2D eigenvalue weighted by Gasteiger charge is -2.10. The second-order valence-corrected chi connectivity index (χ2v) is 5.70. The molecule has 0 unspecified atom stereocenters. The van der Waals surface area contributed by atoms with Crippen molar-refractivity contribution in [1.29, 1.82) is 0 Å². The van der Waals surface area contributed by atoms with Gasteiger partial charge in [0.1, 0.15) is 11.6 Å². The van der Waals surface area contributed by atoms with E-state index in [-0.39, 0.29) is 12.4 Å². The van der Waals surface area contributed by atoms with E-state index in [9.17, 15) is 9.18 Å². The van der Waals surface area contributed by atoms with Gasteiger partial charge in [0.25, 0.3) is 0 Å². The van der Waals surface area contributed by atoms with Gasteiger partial charge in [-0.1, -0.05) is 18.2 Å². The third-order valence-electron chi connectivity index (χ3n) is 3.72. The number of halogens is 1. The number of ether oxygens (including phenoxy) is 2. The van der Waals surface area contributed by atoms with Gasteiger partial charge in [0.05, 0.1) is 29.8 Å². The number of amides is 1. The first-order valence-corrected chi connectivity index (χ1v) is 8.62. The number of rotatable bonds is 6. The van der Waals surface area contributed by atoms with Gasteiger partial charge in [-0.25, -0.2) is 14.6 Å². The zero-order chi connectivity index (χ0) is 19.9. The fourth-order valence-corrected chi connectivity index (χ4v) is 2.44. The predicted molar refractivity (Wildman–Crippen MR) is 103 cm³/mol.